The number of anilines is 1. The molecule has 3 nitrogen and oxygen atoms in total. The molecule has 0 fully saturated rings. The van der Waals surface area contributed by atoms with Crippen LogP contribution in [0.3, 0.4) is 0 Å². The number of nitrogens with one attached hydrogen (secondary N) is 1. The van der Waals surface area contributed by atoms with Gasteiger partial charge in [0.1, 0.15) is 16.5 Å². The molecule has 0 atom stereocenters. The molecule has 0 unspecified atom stereocenters. The van der Waals surface area contributed by atoms with Gasteiger partial charge in [-0.3, -0.25) is 0 Å². The normalized spacial score (nSPS) is 10.5. The van der Waals surface area contributed by atoms with Gasteiger partial charge in [-0.05, 0) is 25.1 Å². The lowest BCUT2D eigenvalue weighted by Gasteiger charge is -2.02. The standard InChI is InChI=1S/C11H12FN3S2/c1-2-13-11-10(14-15-17-11)7-16-9-5-3-4-8(12)6-9/h3-6,13H,2,7H2,1H3. The van der Waals surface area contributed by atoms with Crippen molar-refractivity contribution in [3.05, 3.63) is 35.8 Å². The Morgan fingerprint density at radius 1 is 1.47 bits per heavy atom. The van der Waals surface area contributed by atoms with Gasteiger partial charge in [0, 0.05) is 28.7 Å². The first-order chi connectivity index (χ1) is 8.29. The Hall–Kier alpha value is -1.14. The van der Waals surface area contributed by atoms with E-state index in [2.05, 4.69) is 14.9 Å². The molecular formula is C11H12FN3S2. The summed E-state index contributed by atoms with van der Waals surface area (Å²) < 4.78 is 16.9. The van der Waals surface area contributed by atoms with Crippen LogP contribution in [0.25, 0.3) is 0 Å². The first-order valence-electron chi connectivity index (χ1n) is 5.23. The van der Waals surface area contributed by atoms with Crippen LogP contribution < -0.4 is 5.32 Å². The summed E-state index contributed by atoms with van der Waals surface area (Å²) in [5.41, 5.74) is 0.922. The highest BCUT2D eigenvalue weighted by Crippen LogP contribution is 2.27. The third-order valence-electron chi connectivity index (χ3n) is 2.06. The number of aromatic nitrogens is 2. The molecule has 0 amide bonds. The van der Waals surface area contributed by atoms with Crippen LogP contribution in [-0.2, 0) is 5.75 Å². The SMILES string of the molecule is CCNc1snnc1CSc1cccc(F)c1. The van der Waals surface area contributed by atoms with E-state index >= 15 is 0 Å². The summed E-state index contributed by atoms with van der Waals surface area (Å²) in [4.78, 5) is 0.903. The van der Waals surface area contributed by atoms with E-state index in [-0.39, 0.29) is 5.82 Å². The third kappa shape index (κ3) is 3.41. The molecule has 0 spiro atoms. The fourth-order valence-corrected chi connectivity index (χ4v) is 2.92. The van der Waals surface area contributed by atoms with Gasteiger partial charge in [-0.2, -0.15) is 0 Å². The van der Waals surface area contributed by atoms with E-state index in [1.54, 1.807) is 17.8 Å². The molecular weight excluding hydrogens is 257 g/mol. The number of hydrogen-bond donors (Lipinski definition) is 1. The minimum absolute atomic E-state index is 0.210. The zero-order valence-electron chi connectivity index (χ0n) is 9.31. The van der Waals surface area contributed by atoms with Gasteiger partial charge in [-0.15, -0.1) is 16.9 Å². The highest BCUT2D eigenvalue weighted by molar-refractivity contribution is 7.98. The van der Waals surface area contributed by atoms with Crippen molar-refractivity contribution in [2.45, 2.75) is 17.6 Å². The van der Waals surface area contributed by atoms with E-state index in [0.29, 0.717) is 5.75 Å². The summed E-state index contributed by atoms with van der Waals surface area (Å²) >= 11 is 2.91. The van der Waals surface area contributed by atoms with Crippen LogP contribution in [0, 0.1) is 5.82 Å². The molecule has 1 heterocycles. The maximum absolute atomic E-state index is 13.0. The highest BCUT2D eigenvalue weighted by atomic mass is 32.2. The molecule has 90 valence electrons. The zero-order chi connectivity index (χ0) is 12.1. The number of thioether (sulfide) groups is 1. The summed E-state index contributed by atoms with van der Waals surface area (Å²) in [5.74, 6) is 0.487. The highest BCUT2D eigenvalue weighted by Gasteiger charge is 2.07. The van der Waals surface area contributed by atoms with Crippen molar-refractivity contribution in [3.63, 3.8) is 0 Å². The molecule has 2 aromatic rings. The number of benzene rings is 1. The van der Waals surface area contributed by atoms with Crippen LogP contribution >= 0.6 is 23.3 Å². The summed E-state index contributed by atoms with van der Waals surface area (Å²) in [6, 6.07) is 6.57. The van der Waals surface area contributed by atoms with E-state index in [1.807, 2.05) is 13.0 Å². The molecule has 6 heteroatoms. The predicted octanol–water partition coefficient (Wildman–Crippen LogP) is 3.40. The minimum Gasteiger partial charge on any atom is -0.374 e. The third-order valence-corrected chi connectivity index (χ3v) is 3.80. The Labute approximate surface area is 108 Å². The van der Waals surface area contributed by atoms with E-state index in [9.17, 15) is 4.39 Å². The van der Waals surface area contributed by atoms with Gasteiger partial charge in [0.25, 0.3) is 0 Å². The summed E-state index contributed by atoms with van der Waals surface area (Å²) in [5, 5.41) is 8.27. The fraction of sp³-hybridized carbons (Fsp3) is 0.273. The largest absolute Gasteiger partial charge is 0.374 e. The Balaban J connectivity index is 1.99. The molecule has 0 aliphatic carbocycles. The lowest BCUT2D eigenvalue weighted by atomic mass is 10.4. The molecule has 0 saturated carbocycles. The topological polar surface area (TPSA) is 37.8 Å². The van der Waals surface area contributed by atoms with Crippen LogP contribution in [0.4, 0.5) is 9.39 Å². The molecule has 2 rings (SSSR count). The predicted molar refractivity (Wildman–Crippen MR) is 70.0 cm³/mol. The Morgan fingerprint density at radius 2 is 2.35 bits per heavy atom. The first-order valence-corrected chi connectivity index (χ1v) is 6.99. The zero-order valence-corrected chi connectivity index (χ0v) is 10.9. The molecule has 0 radical (unpaired) electrons. The molecule has 0 saturated heterocycles. The molecule has 1 aromatic carbocycles. The van der Waals surface area contributed by atoms with Crippen molar-refractivity contribution in [2.75, 3.05) is 11.9 Å². The monoisotopic (exact) mass is 269 g/mol. The van der Waals surface area contributed by atoms with Crippen molar-refractivity contribution < 1.29 is 4.39 Å². The van der Waals surface area contributed by atoms with Gasteiger partial charge in [0.15, 0.2) is 0 Å². The quantitative estimate of drug-likeness (QED) is 0.844. The Kier molecular flexibility index (Phi) is 4.33. The molecule has 17 heavy (non-hydrogen) atoms. The summed E-state index contributed by atoms with van der Waals surface area (Å²) in [6.45, 7) is 2.88. The second-order valence-electron chi connectivity index (χ2n) is 3.33. The Morgan fingerprint density at radius 3 is 3.12 bits per heavy atom. The summed E-state index contributed by atoms with van der Waals surface area (Å²) in [6.07, 6.45) is 0. The average molecular weight is 269 g/mol. The molecule has 0 bridgehead atoms. The van der Waals surface area contributed by atoms with Crippen LogP contribution in [-0.4, -0.2) is 16.1 Å². The smallest absolute Gasteiger partial charge is 0.134 e. The van der Waals surface area contributed by atoms with E-state index in [4.69, 9.17) is 0 Å². The maximum atomic E-state index is 13.0. The van der Waals surface area contributed by atoms with E-state index in [1.165, 1.54) is 23.7 Å². The molecule has 0 aliphatic heterocycles. The Bertz CT molecular complexity index is 487. The van der Waals surface area contributed by atoms with E-state index in [0.717, 1.165) is 22.1 Å². The van der Waals surface area contributed by atoms with Crippen molar-refractivity contribution in [2.24, 2.45) is 0 Å². The van der Waals surface area contributed by atoms with Gasteiger partial charge in [0.05, 0.1) is 0 Å². The molecule has 1 aromatic heterocycles. The number of halogens is 1. The minimum atomic E-state index is -0.210. The lowest BCUT2D eigenvalue weighted by Crippen LogP contribution is -1.97. The van der Waals surface area contributed by atoms with E-state index < -0.39 is 0 Å². The fourth-order valence-electron chi connectivity index (χ4n) is 1.31. The van der Waals surface area contributed by atoms with Crippen LogP contribution in [0.5, 0.6) is 0 Å². The second-order valence-corrected chi connectivity index (χ2v) is 5.13. The van der Waals surface area contributed by atoms with Crippen molar-refractivity contribution >= 4 is 28.3 Å². The van der Waals surface area contributed by atoms with Gasteiger partial charge in [0.2, 0.25) is 0 Å². The number of rotatable bonds is 5. The molecule has 0 aliphatic rings. The van der Waals surface area contributed by atoms with Crippen LogP contribution in [0.15, 0.2) is 29.2 Å². The van der Waals surface area contributed by atoms with Crippen molar-refractivity contribution in [1.82, 2.24) is 9.59 Å². The number of nitrogens with zero attached hydrogens (tertiary/aromatic N) is 2. The van der Waals surface area contributed by atoms with Gasteiger partial charge in [-0.25, -0.2) is 4.39 Å². The van der Waals surface area contributed by atoms with Crippen molar-refractivity contribution in [3.8, 4) is 0 Å². The van der Waals surface area contributed by atoms with Gasteiger partial charge >= 0.3 is 0 Å². The van der Waals surface area contributed by atoms with Gasteiger partial charge in [-0.1, -0.05) is 10.6 Å². The van der Waals surface area contributed by atoms with Crippen LogP contribution in [0.1, 0.15) is 12.6 Å². The molecule has 1 N–H and O–H groups in total. The second kappa shape index (κ2) is 5.97. The summed E-state index contributed by atoms with van der Waals surface area (Å²) in [7, 11) is 0. The average Bonchev–Trinajstić information content (AvgIpc) is 2.75. The van der Waals surface area contributed by atoms with Gasteiger partial charge < -0.3 is 5.32 Å². The maximum Gasteiger partial charge on any atom is 0.134 e. The van der Waals surface area contributed by atoms with Crippen molar-refractivity contribution in [1.29, 1.82) is 0 Å². The number of hydrogen-bond acceptors (Lipinski definition) is 5. The first kappa shape index (κ1) is 12.3. The lowest BCUT2D eigenvalue weighted by molar-refractivity contribution is 0.624. The van der Waals surface area contributed by atoms with Crippen LogP contribution in [0.2, 0.25) is 0 Å².